The van der Waals surface area contributed by atoms with Crippen molar-refractivity contribution < 1.29 is 19.8 Å². The second-order valence-electron chi connectivity index (χ2n) is 5.67. The van der Waals surface area contributed by atoms with E-state index in [0.717, 1.165) is 0 Å². The van der Waals surface area contributed by atoms with E-state index in [9.17, 15) is 19.8 Å². The molecule has 0 aromatic heterocycles. The van der Waals surface area contributed by atoms with Gasteiger partial charge in [0.1, 0.15) is 12.0 Å². The second-order valence-corrected chi connectivity index (χ2v) is 5.67. The molecule has 1 aromatic rings. The maximum Gasteiger partial charge on any atom is 0.260 e. The molecule has 0 aliphatic carbocycles. The lowest BCUT2D eigenvalue weighted by molar-refractivity contribution is -0.113. The number of aliphatic hydroxyl groups is 1. The number of primary amides is 1. The fourth-order valence-electron chi connectivity index (χ4n) is 2.84. The summed E-state index contributed by atoms with van der Waals surface area (Å²) in [6, 6.07) is 2.73. The third kappa shape index (κ3) is 2.55. The van der Waals surface area contributed by atoms with Crippen LogP contribution in [0.1, 0.15) is 22.3 Å². The van der Waals surface area contributed by atoms with Crippen molar-refractivity contribution in [2.24, 2.45) is 5.73 Å². The van der Waals surface area contributed by atoms with E-state index >= 15 is 0 Å². The summed E-state index contributed by atoms with van der Waals surface area (Å²) in [4.78, 5) is 25.0. The number of aryl methyl sites for hydroxylation is 1. The van der Waals surface area contributed by atoms with E-state index in [0.29, 0.717) is 17.6 Å². The monoisotopic (exact) mass is 315 g/mol. The SMILES string of the molecule is Cc1ccc2c(c1O)N[C@H](O)[C@H]1CC(C=CC(N)=O)=CN1C2=O. The number of rotatable bonds is 2. The lowest BCUT2D eigenvalue weighted by atomic mass is 10.1. The smallest absolute Gasteiger partial charge is 0.260 e. The molecule has 2 amide bonds. The molecule has 2 aliphatic rings. The van der Waals surface area contributed by atoms with Crippen molar-refractivity contribution in [3.63, 3.8) is 0 Å². The first-order chi connectivity index (χ1) is 10.9. The van der Waals surface area contributed by atoms with E-state index in [1.807, 2.05) is 0 Å². The Kier molecular flexibility index (Phi) is 3.57. The zero-order valence-electron chi connectivity index (χ0n) is 12.5. The summed E-state index contributed by atoms with van der Waals surface area (Å²) in [5.74, 6) is -0.954. The van der Waals surface area contributed by atoms with E-state index in [4.69, 9.17) is 5.73 Å². The minimum Gasteiger partial charge on any atom is -0.505 e. The molecule has 0 saturated carbocycles. The van der Waals surface area contributed by atoms with Crippen LogP contribution in [0.5, 0.6) is 5.75 Å². The van der Waals surface area contributed by atoms with Crippen LogP contribution >= 0.6 is 0 Å². The molecule has 0 fully saturated rings. The number of hydrogen-bond donors (Lipinski definition) is 4. The average molecular weight is 315 g/mol. The molecule has 7 nitrogen and oxygen atoms in total. The number of aromatic hydroxyl groups is 1. The number of fused-ring (bicyclic) bond motifs is 2. The number of anilines is 1. The van der Waals surface area contributed by atoms with Gasteiger partial charge in [0.2, 0.25) is 5.91 Å². The number of benzene rings is 1. The molecule has 3 rings (SSSR count). The van der Waals surface area contributed by atoms with Gasteiger partial charge in [-0.2, -0.15) is 0 Å². The molecule has 0 spiro atoms. The van der Waals surface area contributed by atoms with Crippen molar-refractivity contribution in [2.75, 3.05) is 5.32 Å². The minimum absolute atomic E-state index is 0.0473. The van der Waals surface area contributed by atoms with Gasteiger partial charge in [0.05, 0.1) is 17.3 Å². The lowest BCUT2D eigenvalue weighted by Gasteiger charge is -2.24. The summed E-state index contributed by atoms with van der Waals surface area (Å²) in [5.41, 5.74) is 6.91. The quantitative estimate of drug-likeness (QED) is 0.471. The average Bonchev–Trinajstić information content (AvgIpc) is 2.90. The summed E-state index contributed by atoms with van der Waals surface area (Å²) in [7, 11) is 0. The Morgan fingerprint density at radius 1 is 1.48 bits per heavy atom. The highest BCUT2D eigenvalue weighted by Gasteiger charge is 2.39. The Morgan fingerprint density at radius 2 is 2.22 bits per heavy atom. The summed E-state index contributed by atoms with van der Waals surface area (Å²) in [6.45, 7) is 1.72. The van der Waals surface area contributed by atoms with Crippen LogP contribution in [0.2, 0.25) is 0 Å². The first-order valence-electron chi connectivity index (χ1n) is 7.16. The molecule has 7 heteroatoms. The highest BCUT2D eigenvalue weighted by molar-refractivity contribution is 6.03. The zero-order valence-corrected chi connectivity index (χ0v) is 12.5. The Bertz CT molecular complexity index is 754. The first-order valence-corrected chi connectivity index (χ1v) is 7.16. The molecule has 0 bridgehead atoms. The van der Waals surface area contributed by atoms with Gasteiger partial charge in [-0.15, -0.1) is 0 Å². The van der Waals surface area contributed by atoms with Crippen molar-refractivity contribution >= 4 is 17.5 Å². The number of nitrogens with zero attached hydrogens (tertiary/aromatic N) is 1. The van der Waals surface area contributed by atoms with Crippen LogP contribution in [-0.4, -0.2) is 39.2 Å². The van der Waals surface area contributed by atoms with Gasteiger partial charge in [-0.25, -0.2) is 0 Å². The fourth-order valence-corrected chi connectivity index (χ4v) is 2.84. The van der Waals surface area contributed by atoms with Crippen molar-refractivity contribution in [1.29, 1.82) is 0 Å². The summed E-state index contributed by atoms with van der Waals surface area (Å²) >= 11 is 0. The zero-order chi connectivity index (χ0) is 16.7. The molecule has 0 radical (unpaired) electrons. The largest absolute Gasteiger partial charge is 0.505 e. The number of hydrogen-bond acceptors (Lipinski definition) is 5. The molecule has 0 saturated heterocycles. The summed E-state index contributed by atoms with van der Waals surface area (Å²) in [5, 5.41) is 23.3. The van der Waals surface area contributed by atoms with Crippen LogP contribution in [0.25, 0.3) is 0 Å². The topological polar surface area (TPSA) is 116 Å². The predicted octanol–water partition coefficient (Wildman–Crippen LogP) is 0.584. The molecule has 2 heterocycles. The fraction of sp³-hybridized carbons (Fsp3) is 0.250. The van der Waals surface area contributed by atoms with Crippen LogP contribution in [-0.2, 0) is 4.79 Å². The third-order valence-corrected chi connectivity index (χ3v) is 4.07. The predicted molar refractivity (Wildman–Crippen MR) is 83.5 cm³/mol. The van der Waals surface area contributed by atoms with Gasteiger partial charge < -0.3 is 26.2 Å². The second kappa shape index (κ2) is 5.44. The van der Waals surface area contributed by atoms with Crippen LogP contribution in [0, 0.1) is 6.92 Å². The van der Waals surface area contributed by atoms with Gasteiger partial charge in [0.15, 0.2) is 0 Å². The molecule has 23 heavy (non-hydrogen) atoms. The Morgan fingerprint density at radius 3 is 2.91 bits per heavy atom. The van der Waals surface area contributed by atoms with Gasteiger partial charge in [0.25, 0.3) is 5.91 Å². The van der Waals surface area contributed by atoms with Crippen molar-refractivity contribution in [1.82, 2.24) is 4.90 Å². The van der Waals surface area contributed by atoms with Crippen molar-refractivity contribution in [2.45, 2.75) is 25.6 Å². The number of amides is 2. The number of aliphatic hydroxyl groups excluding tert-OH is 1. The molecule has 1 aromatic carbocycles. The molecule has 5 N–H and O–H groups in total. The number of carbonyl (C=O) groups excluding carboxylic acids is 2. The van der Waals surface area contributed by atoms with Crippen LogP contribution in [0.4, 0.5) is 5.69 Å². The maximum atomic E-state index is 12.7. The van der Waals surface area contributed by atoms with E-state index in [1.54, 1.807) is 25.3 Å². The summed E-state index contributed by atoms with van der Waals surface area (Å²) in [6.07, 6.45) is 3.65. The van der Waals surface area contributed by atoms with Crippen LogP contribution in [0.3, 0.4) is 0 Å². The third-order valence-electron chi connectivity index (χ3n) is 4.07. The number of phenols is 1. The number of nitrogens with two attached hydrogens (primary N) is 1. The van der Waals surface area contributed by atoms with Gasteiger partial charge in [-0.3, -0.25) is 9.59 Å². The normalized spacial score (nSPS) is 23.1. The highest BCUT2D eigenvalue weighted by atomic mass is 16.3. The Balaban J connectivity index is 2.01. The standard InChI is InChI=1S/C16H17N3O4/c1-8-2-4-10-13(14(8)21)18-15(22)11-6-9(3-5-12(17)20)7-19(11)16(10)23/h2-5,7,11,15,18,21-22H,6H2,1H3,(H2,17,20)/t11-,15-/m1/s1. The molecule has 2 aliphatic heterocycles. The van der Waals surface area contributed by atoms with Gasteiger partial charge in [-0.1, -0.05) is 12.1 Å². The van der Waals surface area contributed by atoms with Gasteiger partial charge in [0, 0.05) is 12.3 Å². The number of phenolic OH excluding ortho intramolecular Hbond substituents is 1. The lowest BCUT2D eigenvalue weighted by Crippen LogP contribution is -2.42. The van der Waals surface area contributed by atoms with Crippen molar-refractivity contribution in [3.8, 4) is 5.75 Å². The van der Waals surface area contributed by atoms with Gasteiger partial charge in [-0.05, 0) is 30.5 Å². The molecular weight excluding hydrogens is 298 g/mol. The molecule has 0 unspecified atom stereocenters. The Hall–Kier alpha value is -2.80. The highest BCUT2D eigenvalue weighted by Crippen LogP contribution is 2.38. The molecule has 120 valence electrons. The minimum atomic E-state index is -1.05. The van der Waals surface area contributed by atoms with E-state index < -0.39 is 18.2 Å². The van der Waals surface area contributed by atoms with Crippen LogP contribution < -0.4 is 11.1 Å². The maximum absolute atomic E-state index is 12.7. The van der Waals surface area contributed by atoms with E-state index in [2.05, 4.69) is 5.32 Å². The van der Waals surface area contributed by atoms with E-state index in [1.165, 1.54) is 17.1 Å². The first kappa shape index (κ1) is 15.1. The number of carbonyl (C=O) groups is 2. The molecular formula is C16H17N3O4. The van der Waals surface area contributed by atoms with Crippen LogP contribution in [0.15, 0.2) is 36.1 Å². The Labute approximate surface area is 132 Å². The number of nitrogens with one attached hydrogen (secondary N) is 1. The van der Waals surface area contributed by atoms with E-state index in [-0.39, 0.29) is 22.9 Å². The number of allylic oxidation sites excluding steroid dienone is 1. The summed E-state index contributed by atoms with van der Waals surface area (Å²) < 4.78 is 0. The van der Waals surface area contributed by atoms with Gasteiger partial charge >= 0.3 is 0 Å². The molecule has 2 atom stereocenters. The van der Waals surface area contributed by atoms with Crippen molar-refractivity contribution in [3.05, 3.63) is 47.2 Å².